The van der Waals surface area contributed by atoms with Crippen molar-refractivity contribution < 1.29 is 113 Å². The van der Waals surface area contributed by atoms with Crippen molar-refractivity contribution in [3.8, 4) is 11.5 Å². The fourth-order valence-electron chi connectivity index (χ4n) is 16.8. The molecule has 4 aliphatic carbocycles. The second kappa shape index (κ2) is 47.0. The van der Waals surface area contributed by atoms with Gasteiger partial charge < -0.3 is 85.6 Å². The summed E-state index contributed by atoms with van der Waals surface area (Å²) in [6.07, 6.45) is 21.1. The molecule has 0 radical (unpaired) electrons. The number of benzene rings is 4. The van der Waals surface area contributed by atoms with E-state index in [4.69, 9.17) is 31.8 Å². The van der Waals surface area contributed by atoms with Crippen LogP contribution in [0.2, 0.25) is 0 Å². The number of carbonyl (C=O) groups is 5. The number of fused-ring (bicyclic) bond motifs is 4. The Labute approximate surface area is 711 Å². The fraction of sp³-hybridized carbons (Fsp3) is 0.643. The van der Waals surface area contributed by atoms with Crippen LogP contribution < -0.4 is 52.3 Å². The third kappa shape index (κ3) is 27.3. The summed E-state index contributed by atoms with van der Waals surface area (Å²) in [5.74, 6) is -0.844. The molecule has 0 unspecified atom stereocenters. The molecule has 2 saturated heterocycles. The van der Waals surface area contributed by atoms with Crippen LogP contribution in [0, 0.1) is 91.9 Å². The number of aliphatic hydroxyl groups is 1. The standard InChI is InChI=1S/C19H26FNO2.C18H23FN4O2.C18H25FN2O2.C18H22FNO2.2C4H8O.2CH4.CH3.BrH.Mg.N3.Na/c1-12-4-7-14-11-21(18(22)16(14)17(12)20)10-13-5-8-15(9-6-13)19(2,3)23;1-18(2,21-22-20)13-6-3-11(4-7-13)9-23-10-12-5-8-14(24)16(19)15(12)17(23)25;1-18(2,20)13-6-3-11(4-7-13)9-21-10-12-5-8-14(22)16(19)15(12)17(21)23;1-11-3-6-15-10-20(18(22)16(15)17(11)19)9-13-4-7-14(8-5-13)12(2)21;2*1-2-4-5-3-1;;;;;;1-3-2;/h4,7,13,15,23H,5-6,8-11H2,1-3H3;5,8,11,13,24H,3-4,6-7,9-10H2,1-2H3;5,8,11,13,22H,3-4,6-7,9-10,20H2,1-2H3;3,6,13-14H,4-5,7-10H2,1-2H3;2*1-4H2;2*1H4;1H3;1H;;;/q;;;;;;;;-1;;+2;-1;+1/p-1. The van der Waals surface area contributed by atoms with Gasteiger partial charge in [0.25, 0.3) is 23.6 Å². The number of phenols is 2. The molecule has 4 saturated carbocycles. The summed E-state index contributed by atoms with van der Waals surface area (Å²) in [6.45, 7) is 25.4. The number of Topliss-reactive ketones (excluding diaryl/α,β-unsaturated/α-hetero) is 1. The van der Waals surface area contributed by atoms with Crippen molar-refractivity contribution in [2.24, 2.45) is 58.2 Å². The number of ketones is 1. The number of aromatic hydroxyl groups is 2. The van der Waals surface area contributed by atoms with Crippen LogP contribution in [0.15, 0.2) is 53.6 Å². The second-order valence-electron chi connectivity index (χ2n) is 32.6. The number of nitrogens with zero attached hydrogens (tertiary/aromatic N) is 10. The third-order valence-electron chi connectivity index (χ3n) is 23.6. The summed E-state index contributed by atoms with van der Waals surface area (Å²) in [6, 6.07) is 13.1. The Kier molecular flexibility index (Phi) is 43.0. The first-order chi connectivity index (χ1) is 50.3. The quantitative estimate of drug-likeness (QED) is 0.0243. The molecule has 21 nitrogen and oxygen atoms in total. The summed E-state index contributed by atoms with van der Waals surface area (Å²) < 4.78 is 66.3. The summed E-state index contributed by atoms with van der Waals surface area (Å²) in [5, 5.41) is 33.0. The van der Waals surface area contributed by atoms with E-state index in [1.54, 1.807) is 64.6 Å². The van der Waals surface area contributed by atoms with E-state index in [1.807, 2.05) is 39.8 Å². The molecule has 0 spiro atoms. The van der Waals surface area contributed by atoms with Gasteiger partial charge in [0.1, 0.15) is 17.4 Å². The van der Waals surface area contributed by atoms with Crippen LogP contribution >= 0.6 is 0 Å². The normalized spacial score (nSPS) is 22.5. The zero-order chi connectivity index (χ0) is 77.4. The molecule has 6 fully saturated rings. The smallest absolute Gasteiger partial charge is 1.00 e. The van der Waals surface area contributed by atoms with Crippen LogP contribution in [0.1, 0.15) is 267 Å². The number of hydrogen-bond donors (Lipinski definition) is 4. The molecule has 4 aromatic rings. The first kappa shape index (κ1) is 103. The Morgan fingerprint density at radius 1 is 0.500 bits per heavy atom. The van der Waals surface area contributed by atoms with Crippen LogP contribution in [0.3, 0.4) is 0 Å². The average Bonchev–Trinajstić information content (AvgIpc) is 1.65. The molecule has 14 rings (SSSR count). The first-order valence-corrected chi connectivity index (χ1v) is 38.2. The fourth-order valence-corrected chi connectivity index (χ4v) is 16.8. The predicted octanol–water partition coefficient (Wildman–Crippen LogP) is 12.4. The van der Waals surface area contributed by atoms with Crippen molar-refractivity contribution >= 4 is 52.5 Å². The van der Waals surface area contributed by atoms with Gasteiger partial charge in [0.15, 0.2) is 23.1 Å². The largest absolute Gasteiger partial charge is 2.00 e. The number of azide groups is 1. The van der Waals surface area contributed by atoms with E-state index in [2.05, 4.69) is 23.9 Å². The van der Waals surface area contributed by atoms with Gasteiger partial charge in [-0.05, 0) is 269 Å². The van der Waals surface area contributed by atoms with Gasteiger partial charge in [-0.3, -0.25) is 28.9 Å². The molecular formula is C84H123BrF4MgN11NaO10. The van der Waals surface area contributed by atoms with E-state index in [1.165, 1.54) is 42.7 Å². The number of phenolic OH excluding ortho intramolecular Hbond substituents is 2. The predicted molar refractivity (Wildman–Crippen MR) is 423 cm³/mol. The Hall–Kier alpha value is -5.54. The number of hydrogen-bond acceptors (Lipinski definition) is 12. The maximum atomic E-state index is 14.2. The van der Waals surface area contributed by atoms with Crippen molar-refractivity contribution in [3.05, 3.63) is 161 Å². The van der Waals surface area contributed by atoms with Crippen LogP contribution in [-0.4, -0.2) is 157 Å². The van der Waals surface area contributed by atoms with Gasteiger partial charge in [-0.1, -0.05) is 70.2 Å². The maximum Gasteiger partial charge on any atom is 2.00 e. The topological polar surface area (TPSA) is 311 Å². The minimum atomic E-state index is -0.815. The Morgan fingerprint density at radius 3 is 1.03 bits per heavy atom. The molecule has 5 N–H and O–H groups in total. The van der Waals surface area contributed by atoms with Gasteiger partial charge in [0.05, 0.1) is 27.9 Å². The van der Waals surface area contributed by atoms with Gasteiger partial charge in [-0.15, -0.1) is 0 Å². The monoisotopic (exact) mass is 1650 g/mol. The molecule has 0 atom stereocenters. The molecule has 10 aliphatic rings. The van der Waals surface area contributed by atoms with Crippen molar-refractivity contribution in [3.63, 3.8) is 0 Å². The van der Waals surface area contributed by atoms with E-state index in [-0.39, 0.29) is 172 Å². The van der Waals surface area contributed by atoms with Crippen LogP contribution in [0.25, 0.3) is 26.4 Å². The SMILES string of the molecule is C.C.C1CCOC1.C1CCOC1.CC(=O)C1CCC(CN2Cc3ccc(C)c(F)c3C2=O)CC1.CC(C)(N)C1CCC(CN2Cc3ccc(O)c(F)c3C2=O)CC1.CC(C)(N=[N+]=[N-])C1CCC(CN2Cc3ccc(O)c(F)c3C2=O)CC1.Cc1ccc2c(c1F)C(=O)N(CC1CCC(C(C)(C)O)CC1)C2.[Br-].[CH3-].[Mg+2].[N-]=[N+]=[N-].[Na+]. The second-order valence-corrected chi connectivity index (χ2v) is 32.6. The molecule has 0 aromatic heterocycles. The van der Waals surface area contributed by atoms with Crippen molar-refractivity contribution in [1.82, 2.24) is 19.6 Å². The van der Waals surface area contributed by atoms with Gasteiger partial charge in [0, 0.05) is 101 Å². The van der Waals surface area contributed by atoms with Crippen LogP contribution in [0.4, 0.5) is 17.6 Å². The van der Waals surface area contributed by atoms with E-state index in [0.717, 1.165) is 140 Å². The van der Waals surface area contributed by atoms with Crippen molar-refractivity contribution in [2.45, 2.75) is 248 Å². The number of rotatable bonds is 13. The molecule has 4 amide bonds. The van der Waals surface area contributed by atoms with E-state index in [0.29, 0.717) is 116 Å². The number of amides is 4. The average molecular weight is 1650 g/mol. The summed E-state index contributed by atoms with van der Waals surface area (Å²) in [4.78, 5) is 72.7. The Balaban J connectivity index is 0.000000471. The molecule has 112 heavy (non-hydrogen) atoms. The van der Waals surface area contributed by atoms with E-state index < -0.39 is 28.7 Å². The third-order valence-corrected chi connectivity index (χ3v) is 23.6. The summed E-state index contributed by atoms with van der Waals surface area (Å²) in [7, 11) is 0. The van der Waals surface area contributed by atoms with Crippen LogP contribution in [-0.2, 0) is 40.4 Å². The van der Waals surface area contributed by atoms with Gasteiger partial charge >= 0.3 is 52.6 Å². The minimum absolute atomic E-state index is 0. The molecule has 4 aromatic carbocycles. The molecule has 28 heteroatoms. The van der Waals surface area contributed by atoms with Crippen molar-refractivity contribution in [1.29, 1.82) is 0 Å². The van der Waals surface area contributed by atoms with Gasteiger partial charge in [-0.25, -0.2) is 17.6 Å². The Bertz CT molecular complexity index is 3680. The number of aryl methyl sites for hydroxylation is 2. The van der Waals surface area contributed by atoms with E-state index in [9.17, 15) is 56.9 Å². The summed E-state index contributed by atoms with van der Waals surface area (Å²) >= 11 is 0. The van der Waals surface area contributed by atoms with Crippen LogP contribution in [0.5, 0.6) is 11.5 Å². The molecule has 6 heterocycles. The van der Waals surface area contributed by atoms with Gasteiger partial charge in [-0.2, -0.15) is 0 Å². The number of ether oxygens (including phenoxy) is 2. The molecule has 612 valence electrons. The molecule has 0 bridgehead atoms. The maximum absolute atomic E-state index is 14.2. The zero-order valence-electron chi connectivity index (χ0n) is 66.7. The summed E-state index contributed by atoms with van der Waals surface area (Å²) in [5.41, 5.74) is 31.8. The minimum Gasteiger partial charge on any atom is -1.00 e. The first-order valence-electron chi connectivity index (χ1n) is 38.2. The molecule has 6 aliphatic heterocycles. The van der Waals surface area contributed by atoms with Gasteiger partial charge in [0.2, 0.25) is 0 Å². The van der Waals surface area contributed by atoms with Crippen molar-refractivity contribution in [2.75, 3.05) is 52.6 Å². The number of carbonyl (C=O) groups excluding carboxylic acids is 5. The number of halogens is 5. The number of nitrogens with two attached hydrogens (primary N) is 1. The zero-order valence-corrected chi connectivity index (χ0v) is 71.7. The van der Waals surface area contributed by atoms with E-state index >= 15 is 0 Å². The Morgan fingerprint density at radius 2 is 0.768 bits per heavy atom. The molecular weight excluding hydrogens is 1530 g/mol.